The molecular formula is C34H50FN5O. The molecule has 0 unspecified atom stereocenters. The molecule has 1 saturated heterocycles. The third-order valence-corrected chi connectivity index (χ3v) is 6.13. The number of benzene rings is 1. The van der Waals surface area contributed by atoms with Crippen molar-refractivity contribution in [1.82, 2.24) is 20.2 Å². The van der Waals surface area contributed by atoms with Gasteiger partial charge >= 0.3 is 0 Å². The lowest BCUT2D eigenvalue weighted by Crippen LogP contribution is -2.43. The first-order valence-electron chi connectivity index (χ1n) is 14.1. The number of hydrogen-bond acceptors (Lipinski definition) is 6. The number of nitrogens with zero attached hydrogens (tertiary/aromatic N) is 4. The number of rotatable bonds is 5. The van der Waals surface area contributed by atoms with Gasteiger partial charge in [-0.25, -0.2) is 4.39 Å². The summed E-state index contributed by atoms with van der Waals surface area (Å²) >= 11 is 0. The van der Waals surface area contributed by atoms with Crippen LogP contribution in [0.1, 0.15) is 50.1 Å². The zero-order valence-electron chi connectivity index (χ0n) is 26.9. The lowest BCUT2D eigenvalue weighted by atomic mass is 9.99. The molecule has 1 fully saturated rings. The van der Waals surface area contributed by atoms with Gasteiger partial charge < -0.3 is 19.9 Å². The molecule has 0 atom stereocenters. The Labute approximate surface area is 247 Å². The van der Waals surface area contributed by atoms with Gasteiger partial charge in [-0.2, -0.15) is 0 Å². The summed E-state index contributed by atoms with van der Waals surface area (Å²) in [6.45, 7) is 25.0. The summed E-state index contributed by atoms with van der Waals surface area (Å²) in [7, 11) is 5.67. The van der Waals surface area contributed by atoms with Crippen molar-refractivity contribution in [1.29, 1.82) is 0 Å². The van der Waals surface area contributed by atoms with Gasteiger partial charge in [0.25, 0.3) is 0 Å². The van der Waals surface area contributed by atoms with Crippen LogP contribution in [-0.4, -0.2) is 62.3 Å². The van der Waals surface area contributed by atoms with E-state index in [2.05, 4.69) is 53.3 Å². The van der Waals surface area contributed by atoms with Crippen LogP contribution < -0.4 is 15.0 Å². The number of pyridine rings is 2. The van der Waals surface area contributed by atoms with E-state index in [0.717, 1.165) is 59.7 Å². The first-order chi connectivity index (χ1) is 19.5. The maximum Gasteiger partial charge on any atom is 0.146 e. The highest BCUT2D eigenvalue weighted by atomic mass is 19.1. The number of hydrogen-bond donors (Lipinski definition) is 1. The predicted octanol–water partition coefficient (Wildman–Crippen LogP) is 7.50. The smallest absolute Gasteiger partial charge is 0.146 e. The molecule has 41 heavy (non-hydrogen) atoms. The second-order valence-corrected chi connectivity index (χ2v) is 10.1. The van der Waals surface area contributed by atoms with E-state index in [9.17, 15) is 4.39 Å². The van der Waals surface area contributed by atoms with Gasteiger partial charge in [0, 0.05) is 81.3 Å². The minimum atomic E-state index is -0.221. The largest absolute Gasteiger partial charge is 0.496 e. The van der Waals surface area contributed by atoms with Crippen LogP contribution in [0.5, 0.6) is 5.75 Å². The molecule has 1 aliphatic heterocycles. The van der Waals surface area contributed by atoms with E-state index in [4.69, 9.17) is 4.74 Å². The molecule has 3 aromatic rings. The summed E-state index contributed by atoms with van der Waals surface area (Å²) in [6, 6.07) is 5.69. The molecule has 0 amide bonds. The molecule has 224 valence electrons. The lowest BCUT2D eigenvalue weighted by Gasteiger charge is -2.29. The van der Waals surface area contributed by atoms with Gasteiger partial charge in [-0.05, 0) is 51.8 Å². The second kappa shape index (κ2) is 17.9. The highest BCUT2D eigenvalue weighted by molar-refractivity contribution is 5.91. The fourth-order valence-corrected chi connectivity index (χ4v) is 3.95. The van der Waals surface area contributed by atoms with Crippen LogP contribution in [0.4, 0.5) is 10.1 Å². The van der Waals surface area contributed by atoms with Gasteiger partial charge in [0.15, 0.2) is 0 Å². The van der Waals surface area contributed by atoms with E-state index in [0.29, 0.717) is 5.69 Å². The molecule has 1 N–H and O–H groups in total. The summed E-state index contributed by atoms with van der Waals surface area (Å²) in [5, 5.41) is 4.40. The van der Waals surface area contributed by atoms with Gasteiger partial charge in [-0.1, -0.05) is 32.1 Å². The van der Waals surface area contributed by atoms with Gasteiger partial charge in [-0.3, -0.25) is 9.97 Å². The van der Waals surface area contributed by atoms with E-state index in [1.165, 1.54) is 16.7 Å². The van der Waals surface area contributed by atoms with E-state index in [1.807, 2.05) is 71.2 Å². The molecule has 1 aromatic carbocycles. The minimum Gasteiger partial charge on any atom is -0.496 e. The molecule has 0 radical (unpaired) electrons. The van der Waals surface area contributed by atoms with Crippen molar-refractivity contribution in [3.05, 3.63) is 89.8 Å². The fourth-order valence-electron chi connectivity index (χ4n) is 3.95. The Morgan fingerprint density at radius 2 is 1.66 bits per heavy atom. The van der Waals surface area contributed by atoms with Crippen molar-refractivity contribution in [2.45, 2.75) is 48.5 Å². The molecule has 7 heteroatoms. The molecule has 0 spiro atoms. The van der Waals surface area contributed by atoms with Crippen molar-refractivity contribution in [3.63, 3.8) is 0 Å². The Balaban J connectivity index is 0.000000361. The van der Waals surface area contributed by atoms with Gasteiger partial charge in [0.05, 0.1) is 30.2 Å². The van der Waals surface area contributed by atoms with Crippen LogP contribution >= 0.6 is 0 Å². The number of fused-ring (bicyclic) bond motifs is 1. The van der Waals surface area contributed by atoms with Crippen molar-refractivity contribution in [2.75, 3.05) is 52.3 Å². The lowest BCUT2D eigenvalue weighted by molar-refractivity contribution is 0.414. The number of ether oxygens (including phenoxy) is 1. The number of halogens is 1. The van der Waals surface area contributed by atoms with Crippen molar-refractivity contribution < 1.29 is 9.13 Å². The topological polar surface area (TPSA) is 53.5 Å². The molecule has 0 aliphatic carbocycles. The Kier molecular flexibility index (Phi) is 15.4. The number of nitrogens with one attached hydrogen (secondary N) is 1. The predicted molar refractivity (Wildman–Crippen MR) is 175 cm³/mol. The number of methoxy groups -OCH3 is 1. The average Bonchev–Trinajstić information content (AvgIpc) is 2.96. The van der Waals surface area contributed by atoms with Crippen LogP contribution in [0.25, 0.3) is 16.5 Å². The Morgan fingerprint density at radius 3 is 2.17 bits per heavy atom. The normalized spacial score (nSPS) is 12.6. The third kappa shape index (κ3) is 11.0. The van der Waals surface area contributed by atoms with Crippen molar-refractivity contribution in [3.8, 4) is 5.75 Å². The summed E-state index contributed by atoms with van der Waals surface area (Å²) in [5.41, 5.74) is 7.96. The molecular weight excluding hydrogens is 513 g/mol. The summed E-state index contributed by atoms with van der Waals surface area (Å²) in [5.74, 6) is 0.590. The zero-order chi connectivity index (χ0) is 31.1. The highest BCUT2D eigenvalue weighted by Gasteiger charge is 2.13. The number of aromatic nitrogens is 2. The number of piperazine rings is 1. The van der Waals surface area contributed by atoms with Crippen molar-refractivity contribution >= 4 is 22.2 Å². The number of aryl methyl sites for hydroxylation is 3. The van der Waals surface area contributed by atoms with Crippen LogP contribution in [-0.2, 0) is 0 Å². The zero-order valence-corrected chi connectivity index (χ0v) is 26.9. The van der Waals surface area contributed by atoms with Crippen LogP contribution in [0.15, 0.2) is 61.6 Å². The van der Waals surface area contributed by atoms with Crippen LogP contribution in [0, 0.1) is 26.6 Å². The maximum absolute atomic E-state index is 13.2. The van der Waals surface area contributed by atoms with E-state index < -0.39 is 0 Å². The second-order valence-electron chi connectivity index (χ2n) is 10.1. The maximum atomic E-state index is 13.2. The molecule has 6 nitrogen and oxygen atoms in total. The Hall–Kier alpha value is -3.71. The third-order valence-electron chi connectivity index (χ3n) is 6.13. The van der Waals surface area contributed by atoms with E-state index in [1.54, 1.807) is 26.3 Å². The Morgan fingerprint density at radius 1 is 1.05 bits per heavy atom. The fraction of sp³-hybridized carbons (Fsp3) is 0.412. The molecule has 0 saturated carbocycles. The molecule has 2 aromatic heterocycles. The number of allylic oxidation sites excluding steroid dienone is 3. The van der Waals surface area contributed by atoms with Crippen LogP contribution in [0.2, 0.25) is 0 Å². The quantitative estimate of drug-likeness (QED) is 0.256. The van der Waals surface area contributed by atoms with Gasteiger partial charge in [0.2, 0.25) is 0 Å². The molecule has 0 bridgehead atoms. The molecule has 3 heterocycles. The monoisotopic (exact) mass is 563 g/mol. The van der Waals surface area contributed by atoms with Gasteiger partial charge in [0.1, 0.15) is 11.6 Å². The Bertz CT molecular complexity index is 1310. The summed E-state index contributed by atoms with van der Waals surface area (Å²) in [4.78, 5) is 12.7. The summed E-state index contributed by atoms with van der Waals surface area (Å²) < 4.78 is 18.8. The van der Waals surface area contributed by atoms with Gasteiger partial charge in [-0.15, -0.1) is 6.58 Å². The SMILES string of the molecule is C=C(C)C.C=C/C(=C\N(C)C)c1cc2c(C)c(C)cnc2cc1OC.CC.Cc1ncc(N2CCNCC2)cc1F. The first kappa shape index (κ1) is 35.3. The van der Waals surface area contributed by atoms with E-state index in [-0.39, 0.29) is 5.82 Å². The van der Waals surface area contributed by atoms with E-state index >= 15 is 0 Å². The number of anilines is 1. The average molecular weight is 564 g/mol. The van der Waals surface area contributed by atoms with Crippen molar-refractivity contribution in [2.24, 2.45) is 0 Å². The highest BCUT2D eigenvalue weighted by Crippen LogP contribution is 2.33. The minimum absolute atomic E-state index is 0.221. The molecule has 4 rings (SSSR count). The summed E-state index contributed by atoms with van der Waals surface area (Å²) in [6.07, 6.45) is 7.53. The first-order valence-corrected chi connectivity index (χ1v) is 14.1. The van der Waals surface area contributed by atoms with Crippen LogP contribution in [0.3, 0.4) is 0 Å². The standard InChI is InChI=1S/C18H22N2O.C10H14FN3.C4H8.C2H6/c1-7-14(11-20(4)5)16-8-15-13(3)12(2)10-19-17(15)9-18(16)21-6;1-8-10(11)6-9(7-13-8)14-4-2-12-3-5-14;1-4(2)3;1-2/h7-11H,1H2,2-6H3;6-7,12H,2-5H2,1H3;1H2,2-3H3;1-2H3/b14-11+;;;. The molecule has 1 aliphatic rings.